The molecule has 0 saturated carbocycles. The zero-order valence-electron chi connectivity index (χ0n) is 61.0. The molecular weight excluding hydrogens is 1390 g/mol. The van der Waals surface area contributed by atoms with Crippen LogP contribution in [0.25, 0.3) is 242 Å². The molecule has 0 aliphatic rings. The molecule has 8 aromatic heterocycles. The quantitative estimate of drug-likeness (QED) is 0.154. The number of rotatable bonds is 6. The van der Waals surface area contributed by atoms with Gasteiger partial charge in [0.2, 0.25) is 11.4 Å². The summed E-state index contributed by atoms with van der Waals surface area (Å²) in [5, 5.41) is 26.1. The summed E-state index contributed by atoms with van der Waals surface area (Å²) in [7, 11) is 0. The molecule has 114 heavy (non-hydrogen) atoms. The van der Waals surface area contributed by atoms with Crippen LogP contribution in [0.3, 0.4) is 0 Å². The Morgan fingerprint density at radius 2 is 0.500 bits per heavy atom. The summed E-state index contributed by atoms with van der Waals surface area (Å²) in [5.74, 6) is 1.43. The van der Waals surface area contributed by atoms with E-state index in [-0.39, 0.29) is 0 Å². The lowest BCUT2D eigenvalue weighted by Gasteiger charge is -2.09. The van der Waals surface area contributed by atoms with Gasteiger partial charge in [-0.25, -0.2) is 9.97 Å². The van der Waals surface area contributed by atoms with Crippen LogP contribution in [-0.2, 0) is 0 Å². The predicted molar refractivity (Wildman–Crippen MR) is 472 cm³/mol. The number of fused-ring (bicyclic) bond motifs is 30. The fourth-order valence-electron chi connectivity index (χ4n) is 18.9. The van der Waals surface area contributed by atoms with Gasteiger partial charge in [0, 0.05) is 54.5 Å². The lowest BCUT2D eigenvalue weighted by atomic mass is 9.96. The van der Waals surface area contributed by atoms with Gasteiger partial charge in [-0.3, -0.25) is 9.13 Å². The molecule has 0 aliphatic heterocycles. The first-order valence-corrected chi connectivity index (χ1v) is 38.6. The Morgan fingerprint density at radius 1 is 0.202 bits per heavy atom. The third kappa shape index (κ3) is 9.12. The van der Waals surface area contributed by atoms with Crippen LogP contribution in [0.15, 0.2) is 373 Å². The summed E-state index contributed by atoms with van der Waals surface area (Å²) in [6.45, 7) is 0. The van der Waals surface area contributed by atoms with Crippen molar-refractivity contribution in [2.45, 2.75) is 0 Å². The Balaban J connectivity index is 0.000000129. The van der Waals surface area contributed by atoms with Gasteiger partial charge in [-0.2, -0.15) is 9.97 Å². The highest BCUT2D eigenvalue weighted by Crippen LogP contribution is 2.45. The lowest BCUT2D eigenvalue weighted by molar-refractivity contribution is 0.651. The van der Waals surface area contributed by atoms with Crippen LogP contribution in [0.4, 0.5) is 0 Å². The van der Waals surface area contributed by atoms with E-state index in [2.05, 4.69) is 370 Å². The molecule has 0 atom stereocenters. The Hall–Kier alpha value is -15.5. The van der Waals surface area contributed by atoms with Crippen LogP contribution >= 0.6 is 0 Å². The third-order valence-corrected chi connectivity index (χ3v) is 24.0. The molecule has 10 nitrogen and oxygen atoms in total. The molecule has 0 unspecified atom stereocenters. The number of hydrogen-bond acceptors (Lipinski definition) is 6. The van der Waals surface area contributed by atoms with Gasteiger partial charge in [0.05, 0.1) is 67.3 Å². The topological polar surface area (TPSA) is 97.6 Å². The molecule has 0 N–H and O–H groups in total. The number of aromatic nitrogens is 8. The maximum absolute atomic E-state index is 6.52. The van der Waals surface area contributed by atoms with E-state index in [0.29, 0.717) is 17.2 Å². The standard InChI is InChI=1S/2C52H30N4O/c1-2-11-34(12-3-1)55-44-16-8-7-15-40(44)43-28-32(20-26-46(43)55)33-19-22-41-39-14-6-9-17-45(39)56(47(41)29-33)49-30-53-51-50-42-24-23-36-35-13-5-4-10-31(35)18-21-37(36)38(42)25-27-48(50)57-52(51)54-49;1-2-11-34(12-3-1)55-44-16-8-6-14-39(44)42-28-32(19-25-46(42)55)33-20-26-47-43(29-33)40-15-7-9-17-45(40)56(47)49-30-53-51-50-41-23-22-36-35-13-5-4-10-31(35)18-21-37(36)38(41)24-27-48(50)57-52(51)54-49/h2*1-30H. The van der Waals surface area contributed by atoms with Crippen LogP contribution < -0.4 is 0 Å². The van der Waals surface area contributed by atoms with Gasteiger partial charge in [0.15, 0.2) is 11.6 Å². The Bertz CT molecular complexity index is 8630. The normalized spacial score (nSPS) is 12.2. The molecule has 0 spiro atoms. The predicted octanol–water partition coefficient (Wildman–Crippen LogP) is 27.4. The second-order valence-electron chi connectivity index (χ2n) is 29.9. The zero-order chi connectivity index (χ0) is 74.4. The van der Waals surface area contributed by atoms with Crippen molar-refractivity contribution in [3.63, 3.8) is 0 Å². The van der Waals surface area contributed by atoms with Crippen LogP contribution in [0.5, 0.6) is 0 Å². The molecule has 0 amide bonds. The summed E-state index contributed by atoms with van der Waals surface area (Å²) in [4.78, 5) is 20.6. The van der Waals surface area contributed by atoms with Gasteiger partial charge in [0.1, 0.15) is 22.2 Å². The molecule has 528 valence electrons. The van der Waals surface area contributed by atoms with Gasteiger partial charge in [0.25, 0.3) is 0 Å². The Labute approximate surface area is 648 Å². The van der Waals surface area contributed by atoms with Gasteiger partial charge in [-0.15, -0.1) is 0 Å². The monoisotopic (exact) mass is 1450 g/mol. The van der Waals surface area contributed by atoms with Crippen molar-refractivity contribution < 1.29 is 8.83 Å². The molecule has 0 fully saturated rings. The molecule has 0 radical (unpaired) electrons. The van der Waals surface area contributed by atoms with Crippen molar-refractivity contribution in [1.82, 2.24) is 38.2 Å². The highest BCUT2D eigenvalue weighted by Gasteiger charge is 2.24. The van der Waals surface area contributed by atoms with E-state index in [9.17, 15) is 0 Å². The highest BCUT2D eigenvalue weighted by atomic mass is 16.3. The lowest BCUT2D eigenvalue weighted by Crippen LogP contribution is -1.98. The molecule has 18 aromatic carbocycles. The average molecular weight is 1450 g/mol. The number of nitrogens with zero attached hydrogens (tertiary/aromatic N) is 8. The van der Waals surface area contributed by atoms with Crippen LogP contribution in [0, 0.1) is 0 Å². The largest absolute Gasteiger partial charge is 0.436 e. The first-order chi connectivity index (χ1) is 56.5. The van der Waals surface area contributed by atoms with Crippen molar-refractivity contribution in [2.24, 2.45) is 0 Å². The Morgan fingerprint density at radius 3 is 0.956 bits per heavy atom. The zero-order valence-corrected chi connectivity index (χ0v) is 61.0. The van der Waals surface area contributed by atoms with Crippen molar-refractivity contribution in [1.29, 1.82) is 0 Å². The minimum atomic E-state index is 0.524. The minimum Gasteiger partial charge on any atom is -0.436 e. The van der Waals surface area contributed by atoms with Crippen LogP contribution in [-0.4, -0.2) is 38.2 Å². The van der Waals surface area contributed by atoms with Crippen LogP contribution in [0.2, 0.25) is 0 Å². The molecule has 26 rings (SSSR count). The number of benzene rings is 18. The molecular formula is C104H60N8O2. The second kappa shape index (κ2) is 24.0. The van der Waals surface area contributed by atoms with Gasteiger partial charge < -0.3 is 18.0 Å². The summed E-state index contributed by atoms with van der Waals surface area (Å²) >= 11 is 0. The summed E-state index contributed by atoms with van der Waals surface area (Å²) in [6, 6.07) is 126. The maximum atomic E-state index is 6.52. The molecule has 0 bridgehead atoms. The van der Waals surface area contributed by atoms with Crippen molar-refractivity contribution in [3.8, 4) is 45.3 Å². The summed E-state index contributed by atoms with van der Waals surface area (Å²) in [6.07, 6.45) is 3.79. The molecule has 26 aromatic rings. The van der Waals surface area contributed by atoms with Gasteiger partial charge in [-0.1, -0.05) is 249 Å². The van der Waals surface area contributed by atoms with Crippen molar-refractivity contribution in [2.75, 3.05) is 0 Å². The number of para-hydroxylation sites is 6. The van der Waals surface area contributed by atoms with Gasteiger partial charge >= 0.3 is 0 Å². The molecule has 10 heteroatoms. The Kier molecular flexibility index (Phi) is 13.1. The van der Waals surface area contributed by atoms with Crippen LogP contribution in [0.1, 0.15) is 0 Å². The highest BCUT2D eigenvalue weighted by molar-refractivity contribution is 6.28. The van der Waals surface area contributed by atoms with E-state index in [4.69, 9.17) is 28.8 Å². The first-order valence-electron chi connectivity index (χ1n) is 38.6. The smallest absolute Gasteiger partial charge is 0.248 e. The SMILES string of the molecule is c1ccc(-n2c3ccccc3c3cc(-c4ccc5c(c4)c4ccccc4n5-c4cnc5c(n4)oc4ccc6c7ccc8ccccc8c7ccc6c45)ccc32)cc1.c1ccc(-n2c3ccccc3c3cc(-c4ccc5c6ccccc6n(-c6cnc7c(n6)oc6ccc8c9ccc%10ccccc%10c9ccc8c67)c5c4)ccc32)cc1. The van der Waals surface area contributed by atoms with E-state index >= 15 is 0 Å². The van der Waals surface area contributed by atoms with E-state index in [0.717, 1.165) is 121 Å². The van der Waals surface area contributed by atoms with Crippen molar-refractivity contribution in [3.05, 3.63) is 364 Å². The minimum absolute atomic E-state index is 0.524. The molecule has 0 saturated heterocycles. The molecule has 8 heterocycles. The summed E-state index contributed by atoms with van der Waals surface area (Å²) < 4.78 is 22.2. The van der Waals surface area contributed by atoms with E-state index in [1.54, 1.807) is 0 Å². The fraction of sp³-hybridized carbons (Fsp3) is 0. The number of furan rings is 2. The summed E-state index contributed by atoms with van der Waals surface area (Å²) in [5.41, 5.74) is 20.1. The average Bonchev–Trinajstić information content (AvgIpc) is 1.48. The van der Waals surface area contributed by atoms with E-state index in [1.165, 1.54) is 103 Å². The van der Waals surface area contributed by atoms with E-state index in [1.807, 2.05) is 12.4 Å². The first kappa shape index (κ1) is 62.4. The van der Waals surface area contributed by atoms with E-state index < -0.39 is 0 Å². The number of hydrogen-bond donors (Lipinski definition) is 0. The second-order valence-corrected chi connectivity index (χ2v) is 29.9. The maximum Gasteiger partial charge on any atom is 0.248 e. The fourth-order valence-corrected chi connectivity index (χ4v) is 18.9. The van der Waals surface area contributed by atoms with Crippen molar-refractivity contribution >= 4 is 196 Å². The third-order valence-electron chi connectivity index (χ3n) is 24.0. The molecule has 0 aliphatic carbocycles. The van der Waals surface area contributed by atoms with Gasteiger partial charge in [-0.05, 0) is 190 Å².